The van der Waals surface area contributed by atoms with Gasteiger partial charge < -0.3 is 25.3 Å². The van der Waals surface area contributed by atoms with Crippen molar-refractivity contribution in [2.45, 2.75) is 25.9 Å². The van der Waals surface area contributed by atoms with Crippen molar-refractivity contribution in [1.29, 1.82) is 0 Å². The van der Waals surface area contributed by atoms with Crippen LogP contribution in [0.15, 0.2) is 30.3 Å². The highest BCUT2D eigenvalue weighted by atomic mass is 35.5. The molecule has 27 heavy (non-hydrogen) atoms. The van der Waals surface area contributed by atoms with Gasteiger partial charge in [-0.05, 0) is 36.8 Å². The lowest BCUT2D eigenvalue weighted by atomic mass is 10.1. The number of halogens is 1. The fourth-order valence-electron chi connectivity index (χ4n) is 2.95. The molecule has 0 radical (unpaired) electrons. The van der Waals surface area contributed by atoms with Gasteiger partial charge in [-0.3, -0.25) is 4.79 Å². The molecule has 1 aliphatic heterocycles. The van der Waals surface area contributed by atoms with Crippen molar-refractivity contribution in [3.8, 4) is 11.5 Å². The van der Waals surface area contributed by atoms with Gasteiger partial charge in [0.25, 0.3) is 5.91 Å². The summed E-state index contributed by atoms with van der Waals surface area (Å²) >= 11 is 6.04. The van der Waals surface area contributed by atoms with Crippen molar-refractivity contribution in [2.24, 2.45) is 0 Å². The predicted octanol–water partition coefficient (Wildman–Crippen LogP) is 4.05. The number of carbonyl (C=O) groups is 1. The molecule has 7 heteroatoms. The summed E-state index contributed by atoms with van der Waals surface area (Å²) in [7, 11) is 1.48. The van der Waals surface area contributed by atoms with E-state index < -0.39 is 0 Å². The lowest BCUT2D eigenvalue weighted by molar-refractivity contribution is 0.0253. The Balaban J connectivity index is 1.73. The van der Waals surface area contributed by atoms with E-state index in [1.165, 1.54) is 19.2 Å². The van der Waals surface area contributed by atoms with E-state index in [1.807, 2.05) is 25.1 Å². The van der Waals surface area contributed by atoms with Crippen LogP contribution in [0.1, 0.15) is 28.8 Å². The number of aryl methyl sites for hydroxylation is 1. The Bertz CT molecular complexity index is 835. The fraction of sp³-hybridized carbons (Fsp3) is 0.350. The van der Waals surface area contributed by atoms with Crippen LogP contribution in [0, 0.1) is 6.92 Å². The summed E-state index contributed by atoms with van der Waals surface area (Å²) in [5.74, 6) is 0.852. The van der Waals surface area contributed by atoms with Crippen molar-refractivity contribution in [2.75, 3.05) is 31.4 Å². The summed E-state index contributed by atoms with van der Waals surface area (Å²) < 4.78 is 16.6. The smallest absolute Gasteiger partial charge is 0.259 e. The Morgan fingerprint density at radius 2 is 1.96 bits per heavy atom. The third-order valence-corrected chi connectivity index (χ3v) is 4.79. The molecule has 1 fully saturated rings. The minimum absolute atomic E-state index is 0.166. The minimum Gasteiger partial charge on any atom is -0.496 e. The molecule has 1 amide bonds. The number of anilines is 2. The molecule has 2 aromatic rings. The molecule has 1 saturated heterocycles. The lowest BCUT2D eigenvalue weighted by Crippen LogP contribution is -2.26. The monoisotopic (exact) mass is 390 g/mol. The van der Waals surface area contributed by atoms with Gasteiger partial charge in [0, 0.05) is 24.6 Å². The Morgan fingerprint density at radius 1 is 1.22 bits per heavy atom. The third-order valence-electron chi connectivity index (χ3n) is 4.46. The highest BCUT2D eigenvalue weighted by Crippen LogP contribution is 2.30. The van der Waals surface area contributed by atoms with Crippen LogP contribution in [0.25, 0.3) is 0 Å². The molecule has 3 N–H and O–H groups in total. The van der Waals surface area contributed by atoms with Crippen LogP contribution in [0.5, 0.6) is 11.5 Å². The molecule has 0 bridgehead atoms. The molecule has 3 rings (SSSR count). The van der Waals surface area contributed by atoms with Gasteiger partial charge in [-0.2, -0.15) is 0 Å². The molecule has 144 valence electrons. The van der Waals surface area contributed by atoms with Crippen molar-refractivity contribution in [3.05, 3.63) is 46.5 Å². The molecule has 0 spiro atoms. The lowest BCUT2D eigenvalue weighted by Gasteiger charge is -2.24. The van der Waals surface area contributed by atoms with Crippen molar-refractivity contribution < 1.29 is 19.0 Å². The molecule has 0 atom stereocenters. The Kier molecular flexibility index (Phi) is 6.08. The van der Waals surface area contributed by atoms with E-state index in [0.29, 0.717) is 27.7 Å². The number of hydrogen-bond acceptors (Lipinski definition) is 5. The largest absolute Gasteiger partial charge is 0.496 e. The van der Waals surface area contributed by atoms with Crippen LogP contribution in [0.2, 0.25) is 5.02 Å². The summed E-state index contributed by atoms with van der Waals surface area (Å²) in [5, 5.41) is 3.16. The highest BCUT2D eigenvalue weighted by Gasteiger charge is 2.18. The van der Waals surface area contributed by atoms with E-state index in [0.717, 1.165) is 37.4 Å². The fourth-order valence-corrected chi connectivity index (χ4v) is 3.11. The first-order valence-corrected chi connectivity index (χ1v) is 9.15. The van der Waals surface area contributed by atoms with Crippen LogP contribution in [-0.2, 0) is 4.74 Å². The number of nitrogen functional groups attached to an aromatic ring is 1. The highest BCUT2D eigenvalue weighted by molar-refractivity contribution is 6.33. The molecular weight excluding hydrogens is 368 g/mol. The molecule has 0 saturated carbocycles. The molecule has 0 aromatic heterocycles. The van der Waals surface area contributed by atoms with Gasteiger partial charge in [0.1, 0.15) is 17.6 Å². The summed E-state index contributed by atoms with van der Waals surface area (Å²) in [6.45, 7) is 3.40. The average molecular weight is 391 g/mol. The summed E-state index contributed by atoms with van der Waals surface area (Å²) in [6, 6.07) is 8.59. The first-order valence-electron chi connectivity index (χ1n) is 8.77. The maximum absolute atomic E-state index is 12.6. The number of carbonyl (C=O) groups excluding carboxylic acids is 1. The van der Waals surface area contributed by atoms with Crippen LogP contribution in [0.3, 0.4) is 0 Å². The van der Waals surface area contributed by atoms with Gasteiger partial charge >= 0.3 is 0 Å². The number of amides is 1. The van der Waals surface area contributed by atoms with E-state index in [9.17, 15) is 4.79 Å². The molecule has 0 unspecified atom stereocenters. The molecular formula is C20H23ClN2O4. The molecule has 1 aliphatic rings. The number of methoxy groups -OCH3 is 1. The van der Waals surface area contributed by atoms with Gasteiger partial charge in [0.05, 0.1) is 36.6 Å². The summed E-state index contributed by atoms with van der Waals surface area (Å²) in [6.07, 6.45) is 1.93. The Morgan fingerprint density at radius 3 is 2.63 bits per heavy atom. The second-order valence-corrected chi connectivity index (χ2v) is 6.85. The van der Waals surface area contributed by atoms with E-state index in [-0.39, 0.29) is 12.0 Å². The second kappa shape index (κ2) is 8.50. The average Bonchev–Trinajstić information content (AvgIpc) is 2.66. The van der Waals surface area contributed by atoms with Crippen LogP contribution in [0.4, 0.5) is 11.4 Å². The van der Waals surface area contributed by atoms with Gasteiger partial charge in [-0.15, -0.1) is 0 Å². The van der Waals surface area contributed by atoms with Crippen LogP contribution >= 0.6 is 11.6 Å². The molecule has 0 aliphatic carbocycles. The SMILES string of the molecule is COc1cc(N)c(Cl)cc1C(=O)Nc1ccc(OC2CCOCC2)c(C)c1. The van der Waals surface area contributed by atoms with E-state index in [4.69, 9.17) is 31.5 Å². The number of nitrogens with one attached hydrogen (secondary N) is 1. The number of ether oxygens (including phenoxy) is 3. The van der Waals surface area contributed by atoms with Crippen LogP contribution in [-0.4, -0.2) is 32.3 Å². The van der Waals surface area contributed by atoms with E-state index in [1.54, 1.807) is 0 Å². The first kappa shape index (κ1) is 19.3. The number of benzene rings is 2. The molecule has 2 aromatic carbocycles. The minimum atomic E-state index is -0.328. The van der Waals surface area contributed by atoms with Crippen LogP contribution < -0.4 is 20.5 Å². The van der Waals surface area contributed by atoms with Gasteiger partial charge in [-0.1, -0.05) is 11.6 Å². The summed E-state index contributed by atoms with van der Waals surface area (Å²) in [5.41, 5.74) is 8.04. The number of hydrogen-bond donors (Lipinski definition) is 2. The van der Waals surface area contributed by atoms with Gasteiger partial charge in [0.2, 0.25) is 0 Å². The normalized spacial score (nSPS) is 14.6. The zero-order valence-electron chi connectivity index (χ0n) is 15.4. The number of nitrogens with two attached hydrogens (primary N) is 1. The zero-order chi connectivity index (χ0) is 19.4. The zero-order valence-corrected chi connectivity index (χ0v) is 16.1. The Labute approximate surface area is 163 Å². The quantitative estimate of drug-likeness (QED) is 0.752. The standard InChI is InChI=1S/C20H23ClN2O4/c1-12-9-13(3-4-18(12)27-14-5-7-26-8-6-14)23-20(24)15-10-16(21)17(22)11-19(15)25-2/h3-4,9-11,14H,5-8,22H2,1-2H3,(H,23,24). The molecule has 6 nitrogen and oxygen atoms in total. The maximum Gasteiger partial charge on any atom is 0.259 e. The Hall–Kier alpha value is -2.44. The second-order valence-electron chi connectivity index (χ2n) is 6.44. The third kappa shape index (κ3) is 4.64. The van der Waals surface area contributed by atoms with E-state index >= 15 is 0 Å². The van der Waals surface area contributed by atoms with Gasteiger partial charge in [0.15, 0.2) is 0 Å². The summed E-state index contributed by atoms with van der Waals surface area (Å²) in [4.78, 5) is 12.6. The maximum atomic E-state index is 12.6. The molecule has 1 heterocycles. The van der Waals surface area contributed by atoms with Crippen molar-refractivity contribution in [3.63, 3.8) is 0 Å². The first-order chi connectivity index (χ1) is 13.0. The van der Waals surface area contributed by atoms with E-state index in [2.05, 4.69) is 5.32 Å². The predicted molar refractivity (Wildman–Crippen MR) is 106 cm³/mol. The topological polar surface area (TPSA) is 82.8 Å². The van der Waals surface area contributed by atoms with Crippen molar-refractivity contribution >= 4 is 28.9 Å². The van der Waals surface area contributed by atoms with Gasteiger partial charge in [-0.25, -0.2) is 0 Å². The van der Waals surface area contributed by atoms with Crippen molar-refractivity contribution in [1.82, 2.24) is 0 Å². The number of rotatable bonds is 5.